The van der Waals surface area contributed by atoms with Crippen molar-refractivity contribution in [2.45, 2.75) is 13.3 Å². The van der Waals surface area contributed by atoms with Gasteiger partial charge in [-0.1, -0.05) is 13.0 Å². The molecule has 0 fully saturated rings. The van der Waals surface area contributed by atoms with Crippen LogP contribution in [0.25, 0.3) is 0 Å². The number of carbonyl (C=O) groups excluding carboxylic acids is 2. The topological polar surface area (TPSA) is 57.9 Å². The first-order valence-electron chi connectivity index (χ1n) is 4.25. The summed E-state index contributed by atoms with van der Waals surface area (Å²) < 4.78 is 0. The fourth-order valence-electron chi connectivity index (χ4n) is 1.14. The molecule has 1 rings (SSSR count). The molecule has 0 aliphatic carbocycles. The van der Waals surface area contributed by atoms with Crippen LogP contribution in [0.4, 0.5) is 0 Å². The largest absolute Gasteiger partial charge is 0.298 e. The minimum atomic E-state index is -0.0300. The highest BCUT2D eigenvalue weighted by molar-refractivity contribution is 5.97. The van der Waals surface area contributed by atoms with Gasteiger partial charge in [0.15, 0.2) is 12.1 Å². The second kappa shape index (κ2) is 4.33. The highest BCUT2D eigenvalue weighted by Crippen LogP contribution is 2.11. The standard InChI is InChI=1S/C11H9NO2/c1-2-11(14)8-3-4-9(6-12)10(5-8)7-13/h3-5,7H,2H2,1H3. The number of rotatable bonds is 3. The first-order chi connectivity index (χ1) is 6.72. The van der Waals surface area contributed by atoms with Gasteiger partial charge in [0.25, 0.3) is 0 Å². The summed E-state index contributed by atoms with van der Waals surface area (Å²) in [7, 11) is 0. The minimum Gasteiger partial charge on any atom is -0.298 e. The van der Waals surface area contributed by atoms with Crippen LogP contribution in [-0.2, 0) is 0 Å². The Kier molecular flexibility index (Phi) is 3.14. The van der Waals surface area contributed by atoms with Gasteiger partial charge in [-0.25, -0.2) is 0 Å². The van der Waals surface area contributed by atoms with Crippen molar-refractivity contribution in [3.63, 3.8) is 0 Å². The molecule has 3 heteroatoms. The third kappa shape index (κ3) is 1.86. The first kappa shape index (κ1) is 10.1. The number of Topliss-reactive ketones (excluding diaryl/α,β-unsaturated/α-hetero) is 1. The second-order valence-corrected chi connectivity index (χ2v) is 2.81. The Morgan fingerprint density at radius 1 is 1.57 bits per heavy atom. The smallest absolute Gasteiger partial charge is 0.162 e. The van der Waals surface area contributed by atoms with Crippen LogP contribution in [0.1, 0.15) is 39.6 Å². The van der Waals surface area contributed by atoms with Gasteiger partial charge in [0, 0.05) is 17.5 Å². The van der Waals surface area contributed by atoms with E-state index < -0.39 is 0 Å². The third-order valence-corrected chi connectivity index (χ3v) is 1.94. The summed E-state index contributed by atoms with van der Waals surface area (Å²) in [5, 5.41) is 8.64. The molecule has 0 heterocycles. The van der Waals surface area contributed by atoms with Crippen molar-refractivity contribution >= 4 is 12.1 Å². The van der Waals surface area contributed by atoms with Crippen molar-refractivity contribution in [2.75, 3.05) is 0 Å². The quantitative estimate of drug-likeness (QED) is 0.536. The Balaban J connectivity index is 3.22. The third-order valence-electron chi connectivity index (χ3n) is 1.94. The molecule has 1 aromatic carbocycles. The normalized spacial score (nSPS) is 9.14. The molecule has 0 aliphatic rings. The number of aldehydes is 1. The van der Waals surface area contributed by atoms with Crippen molar-refractivity contribution < 1.29 is 9.59 Å². The molecule has 0 saturated heterocycles. The van der Waals surface area contributed by atoms with Gasteiger partial charge in [-0.3, -0.25) is 9.59 Å². The van der Waals surface area contributed by atoms with E-state index in [0.29, 0.717) is 23.8 Å². The predicted molar refractivity (Wildman–Crippen MR) is 51.2 cm³/mol. The molecule has 0 spiro atoms. The van der Waals surface area contributed by atoms with Gasteiger partial charge in [0.1, 0.15) is 0 Å². The van der Waals surface area contributed by atoms with Crippen LogP contribution in [0, 0.1) is 11.3 Å². The molecule has 0 aliphatic heterocycles. The second-order valence-electron chi connectivity index (χ2n) is 2.81. The van der Waals surface area contributed by atoms with E-state index in [4.69, 9.17) is 5.26 Å². The average Bonchev–Trinajstić information content (AvgIpc) is 2.26. The summed E-state index contributed by atoms with van der Waals surface area (Å²) in [6.45, 7) is 1.75. The van der Waals surface area contributed by atoms with Crippen LogP contribution < -0.4 is 0 Å². The Hall–Kier alpha value is -1.95. The lowest BCUT2D eigenvalue weighted by molar-refractivity contribution is 0.0988. The number of hydrogen-bond donors (Lipinski definition) is 0. The molecule has 70 valence electrons. The minimum absolute atomic E-state index is 0.0300. The number of nitrogens with zero attached hydrogens (tertiary/aromatic N) is 1. The number of carbonyl (C=O) groups is 2. The lowest BCUT2D eigenvalue weighted by Crippen LogP contribution is -1.99. The Morgan fingerprint density at radius 2 is 2.29 bits per heavy atom. The molecule has 0 unspecified atom stereocenters. The molecule has 14 heavy (non-hydrogen) atoms. The summed E-state index contributed by atoms with van der Waals surface area (Å²) in [6.07, 6.45) is 0.981. The van der Waals surface area contributed by atoms with E-state index in [9.17, 15) is 9.59 Å². The first-order valence-corrected chi connectivity index (χ1v) is 4.25. The molecular weight excluding hydrogens is 178 g/mol. The lowest BCUT2D eigenvalue weighted by atomic mass is 10.0. The van der Waals surface area contributed by atoms with E-state index >= 15 is 0 Å². The Bertz CT molecular complexity index is 416. The van der Waals surface area contributed by atoms with Crippen molar-refractivity contribution in [3.8, 4) is 6.07 Å². The van der Waals surface area contributed by atoms with Crippen LogP contribution in [0.5, 0.6) is 0 Å². The van der Waals surface area contributed by atoms with E-state index in [0.717, 1.165) is 0 Å². The van der Waals surface area contributed by atoms with Crippen molar-refractivity contribution in [3.05, 3.63) is 34.9 Å². The number of nitriles is 1. The predicted octanol–water partition coefficient (Wildman–Crippen LogP) is 1.96. The van der Waals surface area contributed by atoms with Crippen LogP contribution in [0.15, 0.2) is 18.2 Å². The average molecular weight is 187 g/mol. The van der Waals surface area contributed by atoms with Crippen LogP contribution >= 0.6 is 0 Å². The highest BCUT2D eigenvalue weighted by Gasteiger charge is 2.06. The summed E-state index contributed by atoms with van der Waals surface area (Å²) in [5.41, 5.74) is 1.05. The van der Waals surface area contributed by atoms with Gasteiger partial charge in [0.2, 0.25) is 0 Å². The number of hydrogen-bond acceptors (Lipinski definition) is 3. The van der Waals surface area contributed by atoms with Gasteiger partial charge in [-0.05, 0) is 12.1 Å². The molecule has 1 aromatic rings. The molecule has 3 nitrogen and oxygen atoms in total. The zero-order chi connectivity index (χ0) is 10.6. The SMILES string of the molecule is CCC(=O)c1ccc(C#N)c(C=O)c1. The Labute approximate surface area is 82.0 Å². The van der Waals surface area contributed by atoms with E-state index in [-0.39, 0.29) is 11.3 Å². The monoisotopic (exact) mass is 187 g/mol. The number of benzene rings is 1. The van der Waals surface area contributed by atoms with Gasteiger partial charge < -0.3 is 0 Å². The molecule has 0 N–H and O–H groups in total. The molecule has 0 saturated carbocycles. The zero-order valence-corrected chi connectivity index (χ0v) is 7.78. The van der Waals surface area contributed by atoms with Crippen molar-refractivity contribution in [1.29, 1.82) is 5.26 Å². The summed E-state index contributed by atoms with van der Waals surface area (Å²) in [6, 6.07) is 6.40. The maximum absolute atomic E-state index is 11.3. The van der Waals surface area contributed by atoms with Crippen LogP contribution in [0.3, 0.4) is 0 Å². The summed E-state index contributed by atoms with van der Waals surface area (Å²) in [4.78, 5) is 21.9. The maximum Gasteiger partial charge on any atom is 0.162 e. The van der Waals surface area contributed by atoms with Gasteiger partial charge >= 0.3 is 0 Å². The molecule has 0 bridgehead atoms. The fraction of sp³-hybridized carbons (Fsp3) is 0.182. The summed E-state index contributed by atoms with van der Waals surface area (Å²) >= 11 is 0. The highest BCUT2D eigenvalue weighted by atomic mass is 16.1. The van der Waals surface area contributed by atoms with Crippen molar-refractivity contribution in [1.82, 2.24) is 0 Å². The van der Waals surface area contributed by atoms with E-state index in [1.54, 1.807) is 13.0 Å². The lowest BCUT2D eigenvalue weighted by Gasteiger charge is -2.00. The molecule has 0 atom stereocenters. The molecular formula is C11H9NO2. The summed E-state index contributed by atoms with van der Waals surface area (Å²) in [5.74, 6) is -0.0300. The molecule has 0 radical (unpaired) electrons. The van der Waals surface area contributed by atoms with Crippen LogP contribution in [-0.4, -0.2) is 12.1 Å². The van der Waals surface area contributed by atoms with E-state index in [1.807, 2.05) is 6.07 Å². The van der Waals surface area contributed by atoms with Gasteiger partial charge in [-0.2, -0.15) is 5.26 Å². The Morgan fingerprint density at radius 3 is 2.79 bits per heavy atom. The van der Waals surface area contributed by atoms with Gasteiger partial charge in [0.05, 0.1) is 11.6 Å². The fourth-order valence-corrected chi connectivity index (χ4v) is 1.14. The van der Waals surface area contributed by atoms with Crippen LogP contribution in [0.2, 0.25) is 0 Å². The zero-order valence-electron chi connectivity index (χ0n) is 7.78. The van der Waals surface area contributed by atoms with Crippen molar-refractivity contribution in [2.24, 2.45) is 0 Å². The van der Waals surface area contributed by atoms with E-state index in [1.165, 1.54) is 12.1 Å². The number of ketones is 1. The van der Waals surface area contributed by atoms with E-state index in [2.05, 4.69) is 0 Å². The molecule has 0 aromatic heterocycles. The molecule has 0 amide bonds. The van der Waals surface area contributed by atoms with Gasteiger partial charge in [-0.15, -0.1) is 0 Å². The maximum atomic E-state index is 11.3.